The Morgan fingerprint density at radius 1 is 1.43 bits per heavy atom. The van der Waals surface area contributed by atoms with E-state index in [4.69, 9.17) is 9.47 Å². The van der Waals surface area contributed by atoms with Crippen molar-refractivity contribution in [1.29, 1.82) is 0 Å². The Kier molecular flexibility index (Phi) is 6.02. The first-order valence-electron chi connectivity index (χ1n) is 7.35. The summed E-state index contributed by atoms with van der Waals surface area (Å²) in [4.78, 5) is 14.0. The number of benzene rings is 1. The van der Waals surface area contributed by atoms with Crippen LogP contribution in [-0.4, -0.2) is 50.8 Å². The molecule has 0 spiro atoms. The highest BCUT2D eigenvalue weighted by molar-refractivity contribution is 5.77. The third kappa shape index (κ3) is 5.02. The smallest absolute Gasteiger partial charge is 0.246 e. The number of rotatable bonds is 6. The molecule has 1 fully saturated rings. The predicted molar refractivity (Wildman–Crippen MR) is 81.3 cm³/mol. The molecule has 1 aromatic carbocycles. The summed E-state index contributed by atoms with van der Waals surface area (Å²) in [5, 5.41) is 3.03. The Morgan fingerprint density at radius 2 is 2.29 bits per heavy atom. The van der Waals surface area contributed by atoms with Gasteiger partial charge in [-0.15, -0.1) is 0 Å². The van der Waals surface area contributed by atoms with Gasteiger partial charge in [0.1, 0.15) is 12.4 Å². The Balaban J connectivity index is 1.87. The topological polar surface area (TPSA) is 50.8 Å². The number of carbonyl (C=O) groups is 1. The van der Waals surface area contributed by atoms with Crippen LogP contribution >= 0.6 is 0 Å². The third-order valence-electron chi connectivity index (χ3n) is 3.69. The summed E-state index contributed by atoms with van der Waals surface area (Å²) < 4.78 is 10.1. The van der Waals surface area contributed by atoms with E-state index in [1.54, 1.807) is 7.11 Å². The van der Waals surface area contributed by atoms with Crippen LogP contribution < -0.4 is 10.1 Å². The van der Waals surface area contributed by atoms with Gasteiger partial charge in [0.15, 0.2) is 0 Å². The average molecular weight is 292 g/mol. The van der Waals surface area contributed by atoms with E-state index in [1.807, 2.05) is 12.1 Å². The zero-order valence-electron chi connectivity index (χ0n) is 12.8. The molecule has 5 nitrogen and oxygen atoms in total. The summed E-state index contributed by atoms with van der Waals surface area (Å²) in [6.07, 6.45) is 2.13. The van der Waals surface area contributed by atoms with E-state index in [9.17, 15) is 4.79 Å². The Labute approximate surface area is 126 Å². The summed E-state index contributed by atoms with van der Waals surface area (Å²) in [5.74, 6) is 0.847. The molecule has 2 rings (SSSR count). The summed E-state index contributed by atoms with van der Waals surface area (Å²) in [6, 6.07) is 8.35. The predicted octanol–water partition coefficient (Wildman–Crippen LogP) is 1.42. The van der Waals surface area contributed by atoms with Crippen LogP contribution in [0.15, 0.2) is 24.3 Å². The van der Waals surface area contributed by atoms with Crippen molar-refractivity contribution in [3.05, 3.63) is 29.8 Å². The average Bonchev–Trinajstić information content (AvgIpc) is 2.48. The Morgan fingerprint density at radius 3 is 3.05 bits per heavy atom. The Bertz CT molecular complexity index is 465. The summed E-state index contributed by atoms with van der Waals surface area (Å²) in [7, 11) is 3.22. The van der Waals surface area contributed by atoms with Crippen LogP contribution in [0.3, 0.4) is 0 Å². The lowest BCUT2D eigenvalue weighted by Gasteiger charge is -2.33. The zero-order chi connectivity index (χ0) is 15.1. The van der Waals surface area contributed by atoms with Crippen molar-refractivity contribution >= 4 is 5.91 Å². The molecule has 1 atom stereocenters. The van der Waals surface area contributed by atoms with Crippen LogP contribution in [0.1, 0.15) is 18.4 Å². The first kappa shape index (κ1) is 15.8. The van der Waals surface area contributed by atoms with Crippen molar-refractivity contribution in [2.24, 2.45) is 0 Å². The monoisotopic (exact) mass is 292 g/mol. The minimum absolute atomic E-state index is 0.0364. The number of carbonyl (C=O) groups excluding carboxylic acids is 1. The van der Waals surface area contributed by atoms with Crippen LogP contribution in [0.4, 0.5) is 0 Å². The quantitative estimate of drug-likeness (QED) is 0.861. The lowest BCUT2D eigenvalue weighted by atomic mass is 10.0. The molecule has 1 N–H and O–H groups in total. The van der Waals surface area contributed by atoms with E-state index < -0.39 is 0 Å². The van der Waals surface area contributed by atoms with Crippen molar-refractivity contribution in [3.63, 3.8) is 0 Å². The summed E-state index contributed by atoms with van der Waals surface area (Å²) in [6.45, 7) is 2.96. The lowest BCUT2D eigenvalue weighted by Crippen LogP contribution is -2.48. The fourth-order valence-electron chi connectivity index (χ4n) is 2.75. The highest BCUT2D eigenvalue weighted by Gasteiger charge is 2.21. The van der Waals surface area contributed by atoms with E-state index in [-0.39, 0.29) is 18.6 Å². The highest BCUT2D eigenvalue weighted by atomic mass is 16.5. The van der Waals surface area contributed by atoms with Gasteiger partial charge in [0.2, 0.25) is 5.91 Å². The molecule has 0 aromatic heterocycles. The van der Waals surface area contributed by atoms with Crippen LogP contribution in [0, 0.1) is 0 Å². The van der Waals surface area contributed by atoms with Crippen LogP contribution in [0.5, 0.6) is 5.75 Å². The number of hydrogen-bond donors (Lipinski definition) is 1. The number of ether oxygens (including phenoxy) is 2. The van der Waals surface area contributed by atoms with Gasteiger partial charge in [0.05, 0.1) is 7.11 Å². The minimum Gasteiger partial charge on any atom is -0.497 e. The first-order valence-corrected chi connectivity index (χ1v) is 7.35. The van der Waals surface area contributed by atoms with Gasteiger partial charge >= 0.3 is 0 Å². The van der Waals surface area contributed by atoms with Crippen LogP contribution in [-0.2, 0) is 16.1 Å². The van der Waals surface area contributed by atoms with Gasteiger partial charge < -0.3 is 14.8 Å². The summed E-state index contributed by atoms with van der Waals surface area (Å²) in [5.41, 5.74) is 1.23. The molecule has 0 unspecified atom stereocenters. The molecule has 0 aliphatic carbocycles. The second-order valence-electron chi connectivity index (χ2n) is 5.43. The maximum Gasteiger partial charge on any atom is 0.246 e. The Hall–Kier alpha value is -1.59. The van der Waals surface area contributed by atoms with Crippen molar-refractivity contribution in [2.75, 3.05) is 33.9 Å². The molecule has 1 aliphatic heterocycles. The van der Waals surface area contributed by atoms with Gasteiger partial charge in [-0.25, -0.2) is 0 Å². The lowest BCUT2D eigenvalue weighted by molar-refractivity contribution is -0.125. The van der Waals surface area contributed by atoms with Gasteiger partial charge in [-0.05, 0) is 37.1 Å². The van der Waals surface area contributed by atoms with Crippen molar-refractivity contribution in [1.82, 2.24) is 10.2 Å². The first-order chi connectivity index (χ1) is 10.2. The van der Waals surface area contributed by atoms with E-state index in [0.717, 1.165) is 38.2 Å². The second kappa shape index (κ2) is 8.00. The molecule has 0 bridgehead atoms. The van der Waals surface area contributed by atoms with Crippen molar-refractivity contribution in [2.45, 2.75) is 25.4 Å². The van der Waals surface area contributed by atoms with Gasteiger partial charge in [0, 0.05) is 26.2 Å². The van der Waals surface area contributed by atoms with Crippen molar-refractivity contribution < 1.29 is 14.3 Å². The maximum absolute atomic E-state index is 11.6. The standard InChI is InChI=1S/C16H24N2O3/c1-20-12-16(19)17-14-6-4-8-18(11-14)10-13-5-3-7-15(9-13)21-2/h3,5,7,9,14H,4,6,8,10-12H2,1-2H3,(H,17,19)/t14-/m0/s1. The van der Waals surface area contributed by atoms with E-state index in [0.29, 0.717) is 0 Å². The largest absolute Gasteiger partial charge is 0.497 e. The van der Waals surface area contributed by atoms with E-state index in [2.05, 4.69) is 22.3 Å². The fraction of sp³-hybridized carbons (Fsp3) is 0.562. The normalized spacial score (nSPS) is 19.2. The number of hydrogen-bond acceptors (Lipinski definition) is 4. The molecule has 5 heteroatoms. The van der Waals surface area contributed by atoms with E-state index >= 15 is 0 Å². The number of likely N-dealkylation sites (tertiary alicyclic amines) is 1. The maximum atomic E-state index is 11.6. The summed E-state index contributed by atoms with van der Waals surface area (Å²) >= 11 is 0. The molecule has 0 saturated carbocycles. The zero-order valence-corrected chi connectivity index (χ0v) is 12.8. The molecule has 0 radical (unpaired) electrons. The van der Waals surface area contributed by atoms with Gasteiger partial charge in [-0.2, -0.15) is 0 Å². The second-order valence-corrected chi connectivity index (χ2v) is 5.43. The van der Waals surface area contributed by atoms with Gasteiger partial charge in [-0.3, -0.25) is 9.69 Å². The third-order valence-corrected chi connectivity index (χ3v) is 3.69. The number of piperidine rings is 1. The molecule has 1 aliphatic rings. The van der Waals surface area contributed by atoms with Crippen LogP contribution in [0.25, 0.3) is 0 Å². The molecule has 1 amide bonds. The molecule has 1 aromatic rings. The highest BCUT2D eigenvalue weighted by Crippen LogP contribution is 2.17. The molecule has 1 saturated heterocycles. The molecular formula is C16H24N2O3. The number of nitrogens with one attached hydrogen (secondary N) is 1. The van der Waals surface area contributed by atoms with Crippen LogP contribution in [0.2, 0.25) is 0 Å². The molecule has 21 heavy (non-hydrogen) atoms. The van der Waals surface area contributed by atoms with Crippen molar-refractivity contribution in [3.8, 4) is 5.75 Å². The SMILES string of the molecule is COCC(=O)N[C@H]1CCCN(Cc2cccc(OC)c2)C1. The molecule has 116 valence electrons. The fourth-order valence-corrected chi connectivity index (χ4v) is 2.75. The van der Waals surface area contributed by atoms with Gasteiger partial charge in [0.25, 0.3) is 0 Å². The van der Waals surface area contributed by atoms with E-state index in [1.165, 1.54) is 12.7 Å². The number of methoxy groups -OCH3 is 2. The minimum atomic E-state index is -0.0364. The van der Waals surface area contributed by atoms with Gasteiger partial charge in [-0.1, -0.05) is 12.1 Å². The number of amides is 1. The molecule has 1 heterocycles. The molecular weight excluding hydrogens is 268 g/mol. The number of nitrogens with zero attached hydrogens (tertiary/aromatic N) is 1.